The molecule has 0 atom stereocenters. The molecule has 2 aromatic rings. The summed E-state index contributed by atoms with van der Waals surface area (Å²) in [5, 5.41) is 1.95. The second-order valence-electron chi connectivity index (χ2n) is 2.76. The van der Waals surface area contributed by atoms with E-state index in [0.29, 0.717) is 5.56 Å². The first-order chi connectivity index (χ1) is 6.79. The van der Waals surface area contributed by atoms with Crippen LogP contribution in [0.2, 0.25) is 0 Å². The molecular weight excluding hydrogens is 196 g/mol. The van der Waals surface area contributed by atoms with Crippen molar-refractivity contribution in [1.29, 1.82) is 0 Å². The van der Waals surface area contributed by atoms with Crippen LogP contribution in [0, 0.1) is 0 Å². The molecule has 2 rings (SSSR count). The Labute approximate surface area is 85.2 Å². The average molecular weight is 204 g/mol. The zero-order valence-corrected chi connectivity index (χ0v) is 8.12. The first-order valence-electron chi connectivity index (χ1n) is 4.07. The van der Waals surface area contributed by atoms with E-state index in [0.717, 1.165) is 10.4 Å². The molecule has 0 radical (unpaired) electrons. The van der Waals surface area contributed by atoms with Crippen molar-refractivity contribution >= 4 is 17.2 Å². The van der Waals surface area contributed by atoms with E-state index in [-0.39, 0.29) is 0 Å². The Morgan fingerprint density at radius 1 is 1.43 bits per heavy atom. The van der Waals surface area contributed by atoms with E-state index < -0.39 is 5.91 Å². The maximum Gasteiger partial charge on any atom is 0.249 e. The molecule has 1 amide bonds. The molecular formula is C10H8N2OS. The number of rotatable bonds is 2. The van der Waals surface area contributed by atoms with Crippen molar-refractivity contribution in [2.75, 3.05) is 0 Å². The van der Waals surface area contributed by atoms with Gasteiger partial charge in [0.2, 0.25) is 5.91 Å². The van der Waals surface area contributed by atoms with Crippen LogP contribution in [-0.2, 0) is 0 Å². The van der Waals surface area contributed by atoms with Crippen LogP contribution in [0.5, 0.6) is 0 Å². The Morgan fingerprint density at radius 2 is 2.29 bits per heavy atom. The molecule has 0 aliphatic heterocycles. The highest BCUT2D eigenvalue weighted by molar-refractivity contribution is 7.13. The lowest BCUT2D eigenvalue weighted by Gasteiger charge is -2.02. The third kappa shape index (κ3) is 1.52. The minimum absolute atomic E-state index is 0.421. The lowest BCUT2D eigenvalue weighted by molar-refractivity contribution is 0.100. The van der Waals surface area contributed by atoms with Crippen molar-refractivity contribution < 1.29 is 4.79 Å². The van der Waals surface area contributed by atoms with Gasteiger partial charge < -0.3 is 5.73 Å². The van der Waals surface area contributed by atoms with E-state index in [1.807, 2.05) is 17.5 Å². The Kier molecular flexibility index (Phi) is 2.28. The summed E-state index contributed by atoms with van der Waals surface area (Å²) in [6, 6.07) is 5.50. The lowest BCUT2D eigenvalue weighted by atomic mass is 10.1. The van der Waals surface area contributed by atoms with Gasteiger partial charge in [0, 0.05) is 22.8 Å². The first-order valence-corrected chi connectivity index (χ1v) is 4.94. The summed E-state index contributed by atoms with van der Waals surface area (Å²) >= 11 is 1.56. The van der Waals surface area contributed by atoms with Crippen LogP contribution >= 0.6 is 11.3 Å². The SMILES string of the molecule is NC(=O)c1ccncc1-c1cccs1. The normalized spacial score (nSPS) is 10.0. The molecule has 0 unspecified atom stereocenters. The molecule has 0 saturated carbocycles. The van der Waals surface area contributed by atoms with Gasteiger partial charge in [-0.05, 0) is 17.5 Å². The molecule has 0 spiro atoms. The molecule has 3 nitrogen and oxygen atoms in total. The summed E-state index contributed by atoms with van der Waals surface area (Å²) < 4.78 is 0. The number of thiophene rings is 1. The van der Waals surface area contributed by atoms with Gasteiger partial charge in [0.05, 0.1) is 5.56 Å². The van der Waals surface area contributed by atoms with Crippen molar-refractivity contribution in [3.63, 3.8) is 0 Å². The number of nitrogens with zero attached hydrogens (tertiary/aromatic N) is 1. The Morgan fingerprint density at radius 3 is 2.93 bits per heavy atom. The van der Waals surface area contributed by atoms with Crippen molar-refractivity contribution in [2.24, 2.45) is 5.73 Å². The average Bonchev–Trinajstić information content (AvgIpc) is 2.70. The number of carbonyl (C=O) groups is 1. The van der Waals surface area contributed by atoms with Crippen LogP contribution < -0.4 is 5.73 Å². The molecule has 0 aliphatic carbocycles. The van der Waals surface area contributed by atoms with E-state index in [4.69, 9.17) is 5.73 Å². The van der Waals surface area contributed by atoms with Gasteiger partial charge in [-0.1, -0.05) is 6.07 Å². The second-order valence-corrected chi connectivity index (χ2v) is 3.71. The summed E-state index contributed by atoms with van der Waals surface area (Å²) in [6.45, 7) is 0. The molecule has 0 saturated heterocycles. The van der Waals surface area contributed by atoms with Crippen molar-refractivity contribution in [3.8, 4) is 10.4 Å². The van der Waals surface area contributed by atoms with Gasteiger partial charge in [0.1, 0.15) is 0 Å². The predicted molar refractivity (Wildman–Crippen MR) is 56.1 cm³/mol. The number of hydrogen-bond donors (Lipinski definition) is 1. The van der Waals surface area contributed by atoms with Gasteiger partial charge >= 0.3 is 0 Å². The zero-order chi connectivity index (χ0) is 9.97. The van der Waals surface area contributed by atoms with E-state index in [9.17, 15) is 4.79 Å². The predicted octanol–water partition coefficient (Wildman–Crippen LogP) is 1.91. The third-order valence-corrected chi connectivity index (χ3v) is 2.78. The first kappa shape index (κ1) is 8.90. The van der Waals surface area contributed by atoms with Crippen LogP contribution in [0.4, 0.5) is 0 Å². The van der Waals surface area contributed by atoms with Gasteiger partial charge in [-0.2, -0.15) is 0 Å². The lowest BCUT2D eigenvalue weighted by Crippen LogP contribution is -2.12. The second kappa shape index (κ2) is 3.59. The summed E-state index contributed by atoms with van der Waals surface area (Å²) in [5.74, 6) is -0.421. The van der Waals surface area contributed by atoms with Gasteiger partial charge in [0.25, 0.3) is 0 Å². The minimum atomic E-state index is -0.421. The van der Waals surface area contributed by atoms with Crippen molar-refractivity contribution in [1.82, 2.24) is 4.98 Å². The maximum atomic E-state index is 11.1. The molecule has 0 aromatic carbocycles. The van der Waals surface area contributed by atoms with Crippen LogP contribution in [0.25, 0.3) is 10.4 Å². The molecule has 4 heteroatoms. The van der Waals surface area contributed by atoms with E-state index >= 15 is 0 Å². The van der Waals surface area contributed by atoms with Gasteiger partial charge in [0.15, 0.2) is 0 Å². The quantitative estimate of drug-likeness (QED) is 0.812. The third-order valence-electron chi connectivity index (χ3n) is 1.87. The molecule has 14 heavy (non-hydrogen) atoms. The van der Waals surface area contributed by atoms with Crippen LogP contribution in [-0.4, -0.2) is 10.9 Å². The van der Waals surface area contributed by atoms with Gasteiger partial charge in [-0.15, -0.1) is 11.3 Å². The largest absolute Gasteiger partial charge is 0.366 e. The standard InChI is InChI=1S/C10H8N2OS/c11-10(13)7-3-4-12-6-8(7)9-2-1-5-14-9/h1-6H,(H2,11,13). The Balaban J connectivity index is 2.58. The fourth-order valence-electron chi connectivity index (χ4n) is 1.24. The number of amides is 1. The van der Waals surface area contributed by atoms with E-state index in [1.165, 1.54) is 0 Å². The number of hydrogen-bond acceptors (Lipinski definition) is 3. The molecule has 2 N–H and O–H groups in total. The number of nitrogens with two attached hydrogens (primary N) is 1. The van der Waals surface area contributed by atoms with Crippen LogP contribution in [0.1, 0.15) is 10.4 Å². The summed E-state index contributed by atoms with van der Waals surface area (Å²) in [5.41, 5.74) is 6.58. The Hall–Kier alpha value is -1.68. The molecule has 0 aliphatic rings. The number of primary amides is 1. The fourth-order valence-corrected chi connectivity index (χ4v) is 1.99. The fraction of sp³-hybridized carbons (Fsp3) is 0. The van der Waals surface area contributed by atoms with Gasteiger partial charge in [-0.3, -0.25) is 9.78 Å². The topological polar surface area (TPSA) is 56.0 Å². The molecule has 0 bridgehead atoms. The van der Waals surface area contributed by atoms with Crippen molar-refractivity contribution in [2.45, 2.75) is 0 Å². The smallest absolute Gasteiger partial charge is 0.249 e. The molecule has 0 fully saturated rings. The number of pyridine rings is 1. The van der Waals surface area contributed by atoms with E-state index in [1.54, 1.807) is 29.8 Å². The summed E-state index contributed by atoms with van der Waals surface area (Å²) in [6.07, 6.45) is 3.23. The number of carbonyl (C=O) groups excluding carboxylic acids is 1. The molecule has 2 heterocycles. The van der Waals surface area contributed by atoms with Gasteiger partial charge in [-0.25, -0.2) is 0 Å². The highest BCUT2D eigenvalue weighted by Crippen LogP contribution is 2.26. The zero-order valence-electron chi connectivity index (χ0n) is 7.31. The van der Waals surface area contributed by atoms with Crippen molar-refractivity contribution in [3.05, 3.63) is 41.5 Å². The summed E-state index contributed by atoms with van der Waals surface area (Å²) in [7, 11) is 0. The maximum absolute atomic E-state index is 11.1. The van der Waals surface area contributed by atoms with Crippen LogP contribution in [0.3, 0.4) is 0 Å². The highest BCUT2D eigenvalue weighted by Gasteiger charge is 2.09. The molecule has 70 valence electrons. The Bertz CT molecular complexity index is 451. The molecule has 2 aromatic heterocycles. The monoisotopic (exact) mass is 204 g/mol. The summed E-state index contributed by atoms with van der Waals surface area (Å²) in [4.78, 5) is 16.1. The minimum Gasteiger partial charge on any atom is -0.366 e. The van der Waals surface area contributed by atoms with Crippen LogP contribution in [0.15, 0.2) is 36.0 Å². The highest BCUT2D eigenvalue weighted by atomic mass is 32.1. The number of aromatic nitrogens is 1. The van der Waals surface area contributed by atoms with E-state index in [2.05, 4.69) is 4.98 Å².